The molecule has 0 atom stereocenters. The molecule has 0 radical (unpaired) electrons. The van der Waals surface area contributed by atoms with Crippen molar-refractivity contribution in [1.29, 1.82) is 0 Å². The fourth-order valence-electron chi connectivity index (χ4n) is 1.12. The van der Waals surface area contributed by atoms with E-state index in [9.17, 15) is 4.79 Å². The smallest absolute Gasteiger partial charge is 0.335 e. The van der Waals surface area contributed by atoms with Crippen LogP contribution in [0.3, 0.4) is 0 Å². The zero-order valence-corrected chi connectivity index (χ0v) is 9.79. The van der Waals surface area contributed by atoms with Crippen LogP contribution in [0.15, 0.2) is 34.9 Å². The lowest BCUT2D eigenvalue weighted by atomic mass is 10.1. The largest absolute Gasteiger partial charge is 0.478 e. The van der Waals surface area contributed by atoms with Crippen molar-refractivity contribution in [2.24, 2.45) is 0 Å². The van der Waals surface area contributed by atoms with E-state index in [1.807, 2.05) is 12.1 Å². The van der Waals surface area contributed by atoms with Crippen LogP contribution >= 0.6 is 23.3 Å². The maximum Gasteiger partial charge on any atom is 0.335 e. The lowest BCUT2D eigenvalue weighted by Gasteiger charge is -1.99. The summed E-state index contributed by atoms with van der Waals surface area (Å²) in [6.45, 7) is 0. The Kier molecular flexibility index (Phi) is 3.53. The first-order chi connectivity index (χ1) is 7.75. The molecule has 0 spiro atoms. The molecular weight excluding hydrogens is 244 g/mol. The highest BCUT2D eigenvalue weighted by atomic mass is 32.2. The Morgan fingerprint density at radius 3 is 2.69 bits per heavy atom. The number of nitrogens with zero attached hydrogens (tertiary/aromatic N) is 2. The van der Waals surface area contributed by atoms with Crippen LogP contribution in [0, 0.1) is 0 Å². The Morgan fingerprint density at radius 1 is 1.38 bits per heavy atom. The van der Waals surface area contributed by atoms with Crippen molar-refractivity contribution < 1.29 is 9.90 Å². The van der Waals surface area contributed by atoms with Gasteiger partial charge in [-0.25, -0.2) is 9.78 Å². The van der Waals surface area contributed by atoms with Crippen molar-refractivity contribution in [3.8, 4) is 0 Å². The summed E-state index contributed by atoms with van der Waals surface area (Å²) in [5.41, 5.74) is 1.38. The first-order valence-corrected chi connectivity index (χ1v) is 6.23. The fraction of sp³-hybridized carbons (Fsp3) is 0.100. The Balaban J connectivity index is 1.98. The predicted octanol–water partition coefficient (Wildman–Crippen LogP) is 2.53. The van der Waals surface area contributed by atoms with Crippen molar-refractivity contribution in [1.82, 2.24) is 9.36 Å². The van der Waals surface area contributed by atoms with E-state index in [0.717, 1.165) is 15.7 Å². The van der Waals surface area contributed by atoms with Crippen molar-refractivity contribution >= 4 is 29.3 Å². The number of hydrogen-bond acceptors (Lipinski definition) is 5. The molecule has 6 heteroatoms. The molecule has 0 saturated heterocycles. The second-order valence-electron chi connectivity index (χ2n) is 3.00. The number of carbonyl (C=O) groups is 1. The van der Waals surface area contributed by atoms with Crippen LogP contribution in [0.2, 0.25) is 0 Å². The van der Waals surface area contributed by atoms with Crippen LogP contribution in [-0.2, 0) is 5.75 Å². The van der Waals surface area contributed by atoms with Crippen LogP contribution in [0.25, 0.3) is 0 Å². The molecule has 82 valence electrons. The van der Waals surface area contributed by atoms with Gasteiger partial charge in [-0.15, -0.1) is 0 Å². The maximum absolute atomic E-state index is 10.6. The van der Waals surface area contributed by atoms with E-state index in [4.69, 9.17) is 5.11 Å². The fourth-order valence-corrected chi connectivity index (χ4v) is 2.51. The minimum absolute atomic E-state index is 0.310. The molecule has 1 aromatic carbocycles. The highest BCUT2D eigenvalue weighted by Crippen LogP contribution is 2.23. The molecule has 0 bridgehead atoms. The second kappa shape index (κ2) is 5.09. The van der Waals surface area contributed by atoms with Gasteiger partial charge >= 0.3 is 5.97 Å². The topological polar surface area (TPSA) is 63.1 Å². The van der Waals surface area contributed by atoms with Crippen LogP contribution in [0.4, 0.5) is 0 Å². The SMILES string of the molecule is O=C(O)c1ccc(CSc2ncns2)cc1. The normalized spacial score (nSPS) is 10.2. The van der Waals surface area contributed by atoms with Gasteiger partial charge in [-0.05, 0) is 29.2 Å². The number of aromatic carboxylic acids is 1. The number of aromatic nitrogens is 2. The lowest BCUT2D eigenvalue weighted by Crippen LogP contribution is -1.95. The second-order valence-corrected chi connectivity index (χ2v) is 5.00. The summed E-state index contributed by atoms with van der Waals surface area (Å²) in [5.74, 6) is -0.127. The summed E-state index contributed by atoms with van der Waals surface area (Å²) in [7, 11) is 0. The van der Waals surface area contributed by atoms with E-state index in [0.29, 0.717) is 5.56 Å². The molecule has 0 unspecified atom stereocenters. The summed E-state index contributed by atoms with van der Waals surface area (Å²) < 4.78 is 4.82. The molecule has 1 N–H and O–H groups in total. The van der Waals surface area contributed by atoms with E-state index in [2.05, 4.69) is 9.36 Å². The Morgan fingerprint density at radius 2 is 2.12 bits per heavy atom. The van der Waals surface area contributed by atoms with Gasteiger partial charge in [-0.1, -0.05) is 23.9 Å². The summed E-state index contributed by atoms with van der Waals surface area (Å²) >= 11 is 2.95. The Bertz CT molecular complexity index is 468. The molecule has 1 heterocycles. The van der Waals surface area contributed by atoms with Gasteiger partial charge in [0, 0.05) is 5.75 Å². The molecule has 0 saturated carbocycles. The zero-order chi connectivity index (χ0) is 11.4. The van der Waals surface area contributed by atoms with E-state index >= 15 is 0 Å². The average Bonchev–Trinajstić information content (AvgIpc) is 2.80. The van der Waals surface area contributed by atoms with E-state index in [1.54, 1.807) is 23.9 Å². The van der Waals surface area contributed by atoms with Gasteiger partial charge in [0.05, 0.1) is 5.56 Å². The third kappa shape index (κ3) is 2.80. The maximum atomic E-state index is 10.6. The molecule has 0 amide bonds. The molecule has 0 fully saturated rings. The van der Waals surface area contributed by atoms with Crippen LogP contribution in [-0.4, -0.2) is 20.4 Å². The van der Waals surface area contributed by atoms with Gasteiger partial charge in [-0.3, -0.25) is 0 Å². The first-order valence-electron chi connectivity index (χ1n) is 4.47. The average molecular weight is 252 g/mol. The van der Waals surface area contributed by atoms with Gasteiger partial charge in [0.2, 0.25) is 0 Å². The Labute approximate surface area is 101 Å². The van der Waals surface area contributed by atoms with Gasteiger partial charge in [-0.2, -0.15) is 4.37 Å². The highest BCUT2D eigenvalue weighted by molar-refractivity contribution is 8.00. The van der Waals surface area contributed by atoms with Crippen molar-refractivity contribution in [3.63, 3.8) is 0 Å². The number of rotatable bonds is 4. The van der Waals surface area contributed by atoms with Crippen molar-refractivity contribution in [3.05, 3.63) is 41.7 Å². The molecule has 16 heavy (non-hydrogen) atoms. The summed E-state index contributed by atoms with van der Waals surface area (Å²) in [6.07, 6.45) is 1.53. The molecular formula is C10H8N2O2S2. The van der Waals surface area contributed by atoms with Gasteiger partial charge < -0.3 is 5.11 Å². The standard InChI is InChI=1S/C10H8N2O2S2/c13-9(14)8-3-1-7(2-4-8)5-15-10-11-6-12-16-10/h1-4,6H,5H2,(H,13,14). The molecule has 0 aliphatic heterocycles. The van der Waals surface area contributed by atoms with Crippen molar-refractivity contribution in [2.75, 3.05) is 0 Å². The minimum atomic E-state index is -0.900. The third-order valence-corrected chi connectivity index (χ3v) is 3.77. The van der Waals surface area contributed by atoms with Crippen LogP contribution < -0.4 is 0 Å². The minimum Gasteiger partial charge on any atom is -0.478 e. The first kappa shape index (κ1) is 11.1. The molecule has 1 aromatic heterocycles. The molecule has 4 nitrogen and oxygen atoms in total. The van der Waals surface area contributed by atoms with Gasteiger partial charge in [0.15, 0.2) is 4.34 Å². The van der Waals surface area contributed by atoms with Gasteiger partial charge in [0.25, 0.3) is 0 Å². The van der Waals surface area contributed by atoms with E-state index < -0.39 is 5.97 Å². The number of thioether (sulfide) groups is 1. The number of hydrogen-bond donors (Lipinski definition) is 1. The van der Waals surface area contributed by atoms with Crippen LogP contribution in [0.5, 0.6) is 0 Å². The Hall–Kier alpha value is -1.40. The third-order valence-electron chi connectivity index (χ3n) is 1.90. The highest BCUT2D eigenvalue weighted by Gasteiger charge is 2.03. The molecule has 2 rings (SSSR count). The van der Waals surface area contributed by atoms with Crippen molar-refractivity contribution in [2.45, 2.75) is 10.1 Å². The predicted molar refractivity (Wildman–Crippen MR) is 62.9 cm³/mol. The number of carboxylic acids is 1. The molecule has 2 aromatic rings. The summed E-state index contributed by atoms with van der Waals surface area (Å²) in [4.78, 5) is 14.7. The van der Waals surface area contributed by atoms with E-state index in [1.165, 1.54) is 17.9 Å². The van der Waals surface area contributed by atoms with E-state index in [-0.39, 0.29) is 0 Å². The molecule has 0 aliphatic rings. The summed E-state index contributed by atoms with van der Waals surface area (Å²) in [5, 5.41) is 8.73. The van der Waals surface area contributed by atoms with Crippen LogP contribution in [0.1, 0.15) is 15.9 Å². The number of carboxylic acid groups (broad SMARTS) is 1. The zero-order valence-electron chi connectivity index (χ0n) is 8.16. The van der Waals surface area contributed by atoms with Gasteiger partial charge in [0.1, 0.15) is 6.33 Å². The lowest BCUT2D eigenvalue weighted by molar-refractivity contribution is 0.0697. The quantitative estimate of drug-likeness (QED) is 0.847. The molecule has 0 aliphatic carbocycles. The monoisotopic (exact) mass is 252 g/mol. The summed E-state index contributed by atoms with van der Waals surface area (Å²) in [6, 6.07) is 6.85. The number of benzene rings is 1.